The van der Waals surface area contributed by atoms with Crippen molar-refractivity contribution in [3.63, 3.8) is 0 Å². The molecule has 0 aliphatic carbocycles. The molecule has 0 radical (unpaired) electrons. The summed E-state index contributed by atoms with van der Waals surface area (Å²) < 4.78 is 18.2. The van der Waals surface area contributed by atoms with E-state index in [1.807, 2.05) is 6.20 Å². The van der Waals surface area contributed by atoms with Crippen molar-refractivity contribution < 1.29 is 19.0 Å². The van der Waals surface area contributed by atoms with Crippen molar-refractivity contribution >= 4 is 23.3 Å². The van der Waals surface area contributed by atoms with Crippen LogP contribution in [0, 0.1) is 0 Å². The molecule has 3 heterocycles. The number of alkyl halides is 1. The van der Waals surface area contributed by atoms with E-state index in [0.717, 1.165) is 55.6 Å². The first-order valence-electron chi connectivity index (χ1n) is 9.64. The van der Waals surface area contributed by atoms with E-state index in [4.69, 9.17) is 20.4 Å². The number of unbranched alkanes of at least 4 members (excludes halogenated alkanes) is 2. The highest BCUT2D eigenvalue weighted by Crippen LogP contribution is 2.22. The number of carbonyl (C=O) groups is 1. The second-order valence-corrected chi connectivity index (χ2v) is 6.91. The summed E-state index contributed by atoms with van der Waals surface area (Å²) in [7, 11) is 1.67. The standard InChI is InChI=1S/C18H28FN5O.CH2O2/c1-25-10-7-15-22-16-13(11-21-17(16)18(20)23-15)5-3-2-4-8-24-9-6-14(19)12-24;2-1-3/h11,14,21H,2-10,12H2,1H3,(H2,20,22,23);1H,(H,2,3)/t14-;/m0./s1. The predicted molar refractivity (Wildman–Crippen MR) is 106 cm³/mol. The fourth-order valence-electron chi connectivity index (χ4n) is 3.44. The second kappa shape index (κ2) is 11.6. The number of aromatic amines is 1. The Labute approximate surface area is 164 Å². The molecule has 28 heavy (non-hydrogen) atoms. The van der Waals surface area contributed by atoms with E-state index in [0.29, 0.717) is 31.8 Å². The Kier molecular flexibility index (Phi) is 9.09. The third-order valence-electron chi connectivity index (χ3n) is 4.84. The van der Waals surface area contributed by atoms with Crippen LogP contribution in [0.2, 0.25) is 0 Å². The minimum atomic E-state index is -0.622. The summed E-state index contributed by atoms with van der Waals surface area (Å²) in [5.41, 5.74) is 8.98. The van der Waals surface area contributed by atoms with Gasteiger partial charge in [-0.2, -0.15) is 0 Å². The summed E-state index contributed by atoms with van der Waals surface area (Å²) in [5, 5.41) is 6.89. The number of nitrogen functional groups attached to an aromatic ring is 1. The molecule has 1 aliphatic rings. The number of rotatable bonds is 9. The van der Waals surface area contributed by atoms with Crippen molar-refractivity contribution in [3.05, 3.63) is 17.6 Å². The number of nitrogens with two attached hydrogens (primary N) is 1. The molecular formula is C19H30FN5O3. The fraction of sp³-hybridized carbons (Fsp3) is 0.632. The van der Waals surface area contributed by atoms with Crippen LogP contribution in [0.1, 0.15) is 37.1 Å². The number of nitrogens with one attached hydrogen (secondary N) is 1. The van der Waals surface area contributed by atoms with E-state index < -0.39 is 6.17 Å². The Morgan fingerprint density at radius 1 is 1.39 bits per heavy atom. The highest BCUT2D eigenvalue weighted by molar-refractivity contribution is 5.87. The Morgan fingerprint density at radius 3 is 2.86 bits per heavy atom. The average molecular weight is 395 g/mol. The smallest absolute Gasteiger partial charge is 0.290 e. The summed E-state index contributed by atoms with van der Waals surface area (Å²) in [6.07, 6.45) is 7.04. The molecule has 0 unspecified atom stereocenters. The maximum absolute atomic E-state index is 13.2. The van der Waals surface area contributed by atoms with Gasteiger partial charge in [0.1, 0.15) is 17.5 Å². The van der Waals surface area contributed by atoms with Crippen LogP contribution >= 0.6 is 0 Å². The minimum Gasteiger partial charge on any atom is -0.483 e. The number of halogens is 1. The first kappa shape index (κ1) is 22.0. The molecule has 1 fully saturated rings. The van der Waals surface area contributed by atoms with Gasteiger partial charge in [-0.25, -0.2) is 14.4 Å². The zero-order chi connectivity index (χ0) is 20.4. The Morgan fingerprint density at radius 2 is 2.18 bits per heavy atom. The molecule has 1 saturated heterocycles. The molecule has 0 aromatic carbocycles. The lowest BCUT2D eigenvalue weighted by Gasteiger charge is -2.13. The number of hydrogen-bond donors (Lipinski definition) is 3. The van der Waals surface area contributed by atoms with E-state index in [1.165, 1.54) is 5.56 Å². The topological polar surface area (TPSA) is 117 Å². The highest BCUT2D eigenvalue weighted by Gasteiger charge is 2.20. The molecule has 8 nitrogen and oxygen atoms in total. The normalized spacial score (nSPS) is 16.9. The van der Waals surface area contributed by atoms with E-state index in [-0.39, 0.29) is 6.47 Å². The van der Waals surface area contributed by atoms with Gasteiger partial charge in [-0.1, -0.05) is 6.42 Å². The van der Waals surface area contributed by atoms with Gasteiger partial charge in [0.15, 0.2) is 5.82 Å². The number of H-pyrrole nitrogens is 1. The summed E-state index contributed by atoms with van der Waals surface area (Å²) in [6, 6.07) is 0. The van der Waals surface area contributed by atoms with Crippen LogP contribution < -0.4 is 5.73 Å². The van der Waals surface area contributed by atoms with Crippen molar-refractivity contribution in [2.24, 2.45) is 0 Å². The number of carboxylic acid groups (broad SMARTS) is 1. The molecule has 156 valence electrons. The molecule has 2 aromatic rings. The average Bonchev–Trinajstić information content (AvgIpc) is 3.27. The van der Waals surface area contributed by atoms with Gasteiger partial charge in [-0.15, -0.1) is 0 Å². The lowest BCUT2D eigenvalue weighted by atomic mass is 10.1. The molecule has 4 N–H and O–H groups in total. The number of ether oxygens (including phenoxy) is 1. The van der Waals surface area contributed by atoms with Crippen LogP contribution in [0.25, 0.3) is 11.0 Å². The Balaban J connectivity index is 0.000000878. The monoisotopic (exact) mass is 395 g/mol. The third kappa shape index (κ3) is 6.42. The highest BCUT2D eigenvalue weighted by atomic mass is 19.1. The lowest BCUT2D eigenvalue weighted by molar-refractivity contribution is -0.122. The van der Waals surface area contributed by atoms with Gasteiger partial charge >= 0.3 is 0 Å². The molecule has 0 amide bonds. The van der Waals surface area contributed by atoms with Crippen LogP contribution in [0.3, 0.4) is 0 Å². The van der Waals surface area contributed by atoms with Crippen LogP contribution in [-0.2, 0) is 22.4 Å². The lowest BCUT2D eigenvalue weighted by Crippen LogP contribution is -2.22. The van der Waals surface area contributed by atoms with Crippen LogP contribution in [0.5, 0.6) is 0 Å². The molecule has 1 atom stereocenters. The minimum absolute atomic E-state index is 0.250. The zero-order valence-electron chi connectivity index (χ0n) is 16.4. The van der Waals surface area contributed by atoms with E-state index in [9.17, 15) is 4.39 Å². The van der Waals surface area contributed by atoms with Crippen LogP contribution in [0.4, 0.5) is 10.2 Å². The summed E-state index contributed by atoms with van der Waals surface area (Å²) in [4.78, 5) is 22.8. The van der Waals surface area contributed by atoms with Crippen molar-refractivity contribution in [1.82, 2.24) is 19.9 Å². The van der Waals surface area contributed by atoms with Gasteiger partial charge in [-0.05, 0) is 37.8 Å². The van der Waals surface area contributed by atoms with Gasteiger partial charge in [0.2, 0.25) is 0 Å². The summed E-state index contributed by atoms with van der Waals surface area (Å²) >= 11 is 0. The summed E-state index contributed by atoms with van der Waals surface area (Å²) in [6.45, 7) is 2.86. The summed E-state index contributed by atoms with van der Waals surface area (Å²) in [5.74, 6) is 1.22. The van der Waals surface area contributed by atoms with Crippen molar-refractivity contribution in [3.8, 4) is 0 Å². The van der Waals surface area contributed by atoms with Crippen molar-refractivity contribution in [2.45, 2.75) is 44.7 Å². The molecule has 1 aliphatic heterocycles. The number of fused-ring (bicyclic) bond motifs is 1. The second-order valence-electron chi connectivity index (χ2n) is 6.91. The predicted octanol–water partition coefficient (Wildman–Crippen LogP) is 2.19. The van der Waals surface area contributed by atoms with E-state index in [2.05, 4.69) is 19.9 Å². The van der Waals surface area contributed by atoms with Gasteiger partial charge in [0, 0.05) is 32.8 Å². The van der Waals surface area contributed by atoms with Crippen molar-refractivity contribution in [2.75, 3.05) is 39.1 Å². The molecule has 0 saturated carbocycles. The maximum Gasteiger partial charge on any atom is 0.290 e. The molecular weight excluding hydrogens is 365 g/mol. The zero-order valence-corrected chi connectivity index (χ0v) is 16.4. The van der Waals surface area contributed by atoms with Crippen LogP contribution in [-0.4, -0.2) is 71.0 Å². The number of aryl methyl sites for hydroxylation is 1. The molecule has 2 aromatic heterocycles. The quantitative estimate of drug-likeness (QED) is 0.440. The SMILES string of the molecule is COCCc1nc(N)c2[nH]cc(CCCCCN3CC[C@H](F)C3)c2n1.O=CO. The van der Waals surface area contributed by atoms with E-state index >= 15 is 0 Å². The van der Waals surface area contributed by atoms with Gasteiger partial charge in [-0.3, -0.25) is 4.79 Å². The van der Waals surface area contributed by atoms with Gasteiger partial charge in [0.05, 0.1) is 12.1 Å². The number of likely N-dealkylation sites (tertiary alicyclic amines) is 1. The molecule has 9 heteroatoms. The van der Waals surface area contributed by atoms with E-state index in [1.54, 1.807) is 7.11 Å². The number of anilines is 1. The first-order valence-corrected chi connectivity index (χ1v) is 9.64. The first-order chi connectivity index (χ1) is 13.6. The Hall–Kier alpha value is -2.26. The molecule has 3 rings (SSSR count). The van der Waals surface area contributed by atoms with Gasteiger partial charge in [0.25, 0.3) is 6.47 Å². The number of hydrogen-bond acceptors (Lipinski definition) is 6. The van der Waals surface area contributed by atoms with Crippen molar-refractivity contribution in [1.29, 1.82) is 0 Å². The molecule has 0 spiro atoms. The molecule has 0 bridgehead atoms. The van der Waals surface area contributed by atoms with Crippen LogP contribution in [0.15, 0.2) is 6.20 Å². The Bertz CT molecular complexity index is 740. The maximum atomic E-state index is 13.2. The van der Waals surface area contributed by atoms with Gasteiger partial charge < -0.3 is 25.5 Å². The number of nitrogens with zero attached hydrogens (tertiary/aromatic N) is 3. The largest absolute Gasteiger partial charge is 0.483 e. The fourth-order valence-corrected chi connectivity index (χ4v) is 3.44. The third-order valence-corrected chi connectivity index (χ3v) is 4.84. The number of aromatic nitrogens is 3. The number of methoxy groups -OCH3 is 1.